The van der Waals surface area contributed by atoms with Crippen LogP contribution in [0.15, 0.2) is 63.3 Å². The fourth-order valence-electron chi connectivity index (χ4n) is 2.85. The van der Waals surface area contributed by atoms with E-state index in [4.69, 9.17) is 13.9 Å². The summed E-state index contributed by atoms with van der Waals surface area (Å²) in [5.74, 6) is -0.237. The first kappa shape index (κ1) is 20.7. The second kappa shape index (κ2) is 8.97. The quantitative estimate of drug-likeness (QED) is 0.269. The molecule has 1 aromatic heterocycles. The van der Waals surface area contributed by atoms with E-state index in [0.717, 1.165) is 5.69 Å². The summed E-state index contributed by atoms with van der Waals surface area (Å²) in [6.07, 6.45) is 1.46. The molecule has 0 saturated carbocycles. The number of benzene rings is 2. The number of hydrogen-bond donors (Lipinski definition) is 0. The fourth-order valence-corrected chi connectivity index (χ4v) is 2.85. The van der Waals surface area contributed by atoms with Crippen LogP contribution in [-0.4, -0.2) is 27.2 Å². The van der Waals surface area contributed by atoms with E-state index < -0.39 is 11.6 Å². The summed E-state index contributed by atoms with van der Waals surface area (Å²) in [7, 11) is 5.36. The van der Waals surface area contributed by atoms with Gasteiger partial charge in [0.05, 0.1) is 7.11 Å². The van der Waals surface area contributed by atoms with Crippen molar-refractivity contribution in [3.63, 3.8) is 0 Å². The second-order valence-corrected chi connectivity index (χ2v) is 6.68. The van der Waals surface area contributed by atoms with Crippen LogP contribution in [0.25, 0.3) is 17.0 Å². The van der Waals surface area contributed by atoms with Crippen molar-refractivity contribution < 1.29 is 18.7 Å². The lowest BCUT2D eigenvalue weighted by Crippen LogP contribution is -2.09. The standard InChI is InChI=1S/C23H20N2O5/c1-25(2)18-6-4-15(5-7-18)10-16(13-24)23(27)29-14-17-11-22(26)30-21-12-19(28-3)8-9-20(17)21/h4-12H,14H2,1-3H3. The molecule has 7 nitrogen and oxygen atoms in total. The first-order valence-electron chi connectivity index (χ1n) is 9.08. The Bertz CT molecular complexity index is 1200. The zero-order chi connectivity index (χ0) is 21.7. The Morgan fingerprint density at radius 3 is 2.53 bits per heavy atom. The van der Waals surface area contributed by atoms with Gasteiger partial charge in [0.2, 0.25) is 0 Å². The van der Waals surface area contributed by atoms with Gasteiger partial charge in [-0.1, -0.05) is 12.1 Å². The Morgan fingerprint density at radius 2 is 1.90 bits per heavy atom. The average Bonchev–Trinajstić information content (AvgIpc) is 2.75. The Balaban J connectivity index is 1.80. The number of rotatable bonds is 6. The van der Waals surface area contributed by atoms with Crippen LogP contribution < -0.4 is 15.3 Å². The van der Waals surface area contributed by atoms with E-state index in [2.05, 4.69) is 0 Å². The van der Waals surface area contributed by atoms with Gasteiger partial charge in [-0.15, -0.1) is 0 Å². The van der Waals surface area contributed by atoms with Crippen molar-refractivity contribution in [2.45, 2.75) is 6.61 Å². The molecule has 0 N–H and O–H groups in total. The Kier molecular flexibility index (Phi) is 6.18. The molecule has 0 aliphatic carbocycles. The van der Waals surface area contributed by atoms with Crippen LogP contribution in [0.1, 0.15) is 11.1 Å². The van der Waals surface area contributed by atoms with Crippen LogP contribution in [0.4, 0.5) is 5.69 Å². The van der Waals surface area contributed by atoms with Gasteiger partial charge in [-0.25, -0.2) is 9.59 Å². The van der Waals surface area contributed by atoms with Crippen LogP contribution >= 0.6 is 0 Å². The van der Waals surface area contributed by atoms with Crippen LogP contribution in [-0.2, 0) is 16.1 Å². The highest BCUT2D eigenvalue weighted by atomic mass is 16.5. The zero-order valence-electron chi connectivity index (χ0n) is 16.8. The van der Waals surface area contributed by atoms with E-state index in [-0.39, 0.29) is 12.2 Å². The van der Waals surface area contributed by atoms with Crippen LogP contribution in [0.3, 0.4) is 0 Å². The summed E-state index contributed by atoms with van der Waals surface area (Å²) in [6, 6.07) is 15.5. The summed E-state index contributed by atoms with van der Waals surface area (Å²) >= 11 is 0. The number of nitrogens with zero attached hydrogens (tertiary/aromatic N) is 2. The molecule has 0 spiro atoms. The predicted molar refractivity (Wildman–Crippen MR) is 113 cm³/mol. The molecule has 0 fully saturated rings. The minimum atomic E-state index is -0.774. The highest BCUT2D eigenvalue weighted by Crippen LogP contribution is 2.23. The van der Waals surface area contributed by atoms with Crippen LogP contribution in [0.2, 0.25) is 0 Å². The van der Waals surface area contributed by atoms with Gasteiger partial charge in [-0.2, -0.15) is 5.26 Å². The maximum absolute atomic E-state index is 12.4. The number of nitriles is 1. The number of carbonyl (C=O) groups excluding carboxylic acids is 1. The molecular weight excluding hydrogens is 384 g/mol. The number of ether oxygens (including phenoxy) is 2. The fraction of sp³-hybridized carbons (Fsp3) is 0.174. The molecule has 152 valence electrons. The summed E-state index contributed by atoms with van der Waals surface area (Å²) in [4.78, 5) is 26.2. The van der Waals surface area contributed by atoms with E-state index >= 15 is 0 Å². The van der Waals surface area contributed by atoms with Gasteiger partial charge in [0.1, 0.15) is 29.6 Å². The summed E-state index contributed by atoms with van der Waals surface area (Å²) < 4.78 is 15.6. The third kappa shape index (κ3) is 4.67. The smallest absolute Gasteiger partial charge is 0.349 e. The molecule has 3 rings (SSSR count). The topological polar surface area (TPSA) is 92.8 Å². The largest absolute Gasteiger partial charge is 0.497 e. The molecule has 0 aliphatic rings. The average molecular weight is 404 g/mol. The number of esters is 1. The Morgan fingerprint density at radius 1 is 1.17 bits per heavy atom. The third-order valence-corrected chi connectivity index (χ3v) is 4.46. The van der Waals surface area contributed by atoms with Gasteiger partial charge in [0.15, 0.2) is 0 Å². The number of hydrogen-bond acceptors (Lipinski definition) is 7. The number of methoxy groups -OCH3 is 1. The van der Waals surface area contributed by atoms with Crippen molar-refractivity contribution in [3.8, 4) is 11.8 Å². The molecule has 0 radical (unpaired) electrons. The first-order chi connectivity index (χ1) is 14.4. The molecule has 0 bridgehead atoms. The molecule has 0 unspecified atom stereocenters. The number of carbonyl (C=O) groups is 1. The molecule has 1 heterocycles. The first-order valence-corrected chi connectivity index (χ1v) is 9.08. The van der Waals surface area contributed by atoms with E-state index in [9.17, 15) is 14.9 Å². The van der Waals surface area contributed by atoms with Crippen LogP contribution in [0, 0.1) is 11.3 Å². The zero-order valence-corrected chi connectivity index (χ0v) is 16.8. The molecule has 30 heavy (non-hydrogen) atoms. The molecule has 2 aromatic carbocycles. The molecule has 3 aromatic rings. The van der Waals surface area contributed by atoms with Gasteiger partial charge in [-0.05, 0) is 35.9 Å². The van der Waals surface area contributed by atoms with Gasteiger partial charge in [0, 0.05) is 42.9 Å². The molecular formula is C23H20N2O5. The third-order valence-electron chi connectivity index (χ3n) is 4.46. The van der Waals surface area contributed by atoms with Gasteiger partial charge in [0.25, 0.3) is 0 Å². The summed E-state index contributed by atoms with van der Waals surface area (Å²) in [5, 5.41) is 9.98. The van der Waals surface area contributed by atoms with E-state index in [1.54, 1.807) is 18.2 Å². The van der Waals surface area contributed by atoms with Crippen molar-refractivity contribution in [2.75, 3.05) is 26.1 Å². The SMILES string of the molecule is COc1ccc2c(COC(=O)C(C#N)=Cc3ccc(N(C)C)cc3)cc(=O)oc2c1. The van der Waals surface area contributed by atoms with Crippen molar-refractivity contribution >= 4 is 28.7 Å². The van der Waals surface area contributed by atoms with E-state index in [1.807, 2.05) is 49.3 Å². The molecule has 0 aliphatic heterocycles. The van der Waals surface area contributed by atoms with E-state index in [1.165, 1.54) is 19.3 Å². The maximum atomic E-state index is 12.4. The lowest BCUT2D eigenvalue weighted by Gasteiger charge is -2.12. The maximum Gasteiger partial charge on any atom is 0.349 e. The lowest BCUT2D eigenvalue weighted by atomic mass is 10.1. The minimum Gasteiger partial charge on any atom is -0.497 e. The number of anilines is 1. The van der Waals surface area contributed by atoms with Crippen molar-refractivity contribution in [1.29, 1.82) is 5.26 Å². The molecule has 0 atom stereocenters. The Labute approximate surface area is 173 Å². The Hall–Kier alpha value is -4.05. The van der Waals surface area contributed by atoms with Crippen molar-refractivity contribution in [3.05, 3.63) is 75.7 Å². The monoisotopic (exact) mass is 404 g/mol. The van der Waals surface area contributed by atoms with Crippen molar-refractivity contribution in [1.82, 2.24) is 0 Å². The second-order valence-electron chi connectivity index (χ2n) is 6.68. The molecule has 0 amide bonds. The van der Waals surface area contributed by atoms with E-state index in [0.29, 0.717) is 27.8 Å². The van der Waals surface area contributed by atoms with Crippen LogP contribution in [0.5, 0.6) is 5.75 Å². The predicted octanol–water partition coefficient (Wildman–Crippen LogP) is 3.52. The molecule has 7 heteroatoms. The minimum absolute atomic E-state index is 0.137. The lowest BCUT2D eigenvalue weighted by molar-refractivity contribution is -0.139. The summed E-state index contributed by atoms with van der Waals surface area (Å²) in [6.45, 7) is -0.175. The van der Waals surface area contributed by atoms with Gasteiger partial charge < -0.3 is 18.8 Å². The van der Waals surface area contributed by atoms with Gasteiger partial charge >= 0.3 is 11.6 Å². The van der Waals surface area contributed by atoms with Crippen molar-refractivity contribution in [2.24, 2.45) is 0 Å². The normalized spacial score (nSPS) is 11.1. The van der Waals surface area contributed by atoms with Gasteiger partial charge in [-0.3, -0.25) is 0 Å². The summed E-state index contributed by atoms with van der Waals surface area (Å²) in [5.41, 5.74) is 1.79. The highest BCUT2D eigenvalue weighted by Gasteiger charge is 2.14. The molecule has 0 saturated heterocycles. The highest BCUT2D eigenvalue weighted by molar-refractivity contribution is 5.98. The number of fused-ring (bicyclic) bond motifs is 1.